The smallest absolute Gasteiger partial charge is 0.226 e. The SMILES string of the molecule is Cc1ccc(Nc2ccc(C(=O)c3c[nH]c4ncnc(NCC5CC5)c34)c(F)n2)cn1. The van der Waals surface area contributed by atoms with E-state index in [1.807, 2.05) is 19.1 Å². The Balaban J connectivity index is 1.43. The third-order valence-electron chi connectivity index (χ3n) is 5.25. The molecular formula is C22H20FN7O. The van der Waals surface area contributed by atoms with E-state index in [0.29, 0.717) is 34.0 Å². The summed E-state index contributed by atoms with van der Waals surface area (Å²) in [5, 5.41) is 6.83. The molecule has 9 heteroatoms. The fraction of sp³-hybridized carbons (Fsp3) is 0.227. The van der Waals surface area contributed by atoms with Crippen LogP contribution in [0.25, 0.3) is 11.0 Å². The van der Waals surface area contributed by atoms with Crippen molar-refractivity contribution >= 4 is 34.1 Å². The minimum absolute atomic E-state index is 0.120. The van der Waals surface area contributed by atoms with Gasteiger partial charge in [-0.25, -0.2) is 15.0 Å². The van der Waals surface area contributed by atoms with Crippen molar-refractivity contribution in [2.75, 3.05) is 17.2 Å². The summed E-state index contributed by atoms with van der Waals surface area (Å²) in [5.41, 5.74) is 2.26. The Labute approximate surface area is 177 Å². The highest BCUT2D eigenvalue weighted by atomic mass is 19.1. The van der Waals surface area contributed by atoms with Crippen LogP contribution in [0.1, 0.15) is 34.5 Å². The number of rotatable bonds is 7. The Morgan fingerprint density at radius 3 is 2.77 bits per heavy atom. The van der Waals surface area contributed by atoms with Crippen LogP contribution in [0.5, 0.6) is 0 Å². The monoisotopic (exact) mass is 417 g/mol. The molecule has 1 aliphatic carbocycles. The highest BCUT2D eigenvalue weighted by molar-refractivity contribution is 6.18. The van der Waals surface area contributed by atoms with Crippen molar-refractivity contribution in [3.05, 3.63) is 65.8 Å². The van der Waals surface area contributed by atoms with Crippen LogP contribution in [0.4, 0.5) is 21.7 Å². The van der Waals surface area contributed by atoms with Gasteiger partial charge in [0.15, 0.2) is 5.78 Å². The largest absolute Gasteiger partial charge is 0.369 e. The number of fused-ring (bicyclic) bond motifs is 1. The van der Waals surface area contributed by atoms with E-state index in [0.717, 1.165) is 12.2 Å². The van der Waals surface area contributed by atoms with E-state index in [2.05, 4.69) is 35.6 Å². The number of carbonyl (C=O) groups is 1. The van der Waals surface area contributed by atoms with Crippen molar-refractivity contribution in [1.29, 1.82) is 0 Å². The maximum absolute atomic E-state index is 14.8. The summed E-state index contributed by atoms with van der Waals surface area (Å²) in [4.78, 5) is 32.7. The number of aromatic amines is 1. The van der Waals surface area contributed by atoms with Crippen LogP contribution < -0.4 is 10.6 Å². The molecule has 0 aliphatic heterocycles. The second kappa shape index (κ2) is 7.75. The number of hydrogen-bond donors (Lipinski definition) is 3. The van der Waals surface area contributed by atoms with Crippen molar-refractivity contribution < 1.29 is 9.18 Å². The highest BCUT2D eigenvalue weighted by Gasteiger charge is 2.24. The molecule has 8 nitrogen and oxygen atoms in total. The Hall–Kier alpha value is -3.88. The molecule has 0 atom stereocenters. The van der Waals surface area contributed by atoms with Gasteiger partial charge in [-0.2, -0.15) is 4.39 Å². The molecule has 4 aromatic rings. The van der Waals surface area contributed by atoms with Crippen molar-refractivity contribution in [2.24, 2.45) is 5.92 Å². The van der Waals surface area contributed by atoms with Gasteiger partial charge in [0, 0.05) is 18.4 Å². The number of ketones is 1. The van der Waals surface area contributed by atoms with E-state index >= 15 is 0 Å². The average molecular weight is 417 g/mol. The molecule has 31 heavy (non-hydrogen) atoms. The summed E-state index contributed by atoms with van der Waals surface area (Å²) in [6.07, 6.45) is 6.99. The summed E-state index contributed by atoms with van der Waals surface area (Å²) < 4.78 is 14.8. The van der Waals surface area contributed by atoms with Crippen LogP contribution in [-0.4, -0.2) is 37.2 Å². The van der Waals surface area contributed by atoms with Gasteiger partial charge in [-0.15, -0.1) is 0 Å². The normalized spacial score (nSPS) is 13.4. The van der Waals surface area contributed by atoms with Crippen molar-refractivity contribution in [3.8, 4) is 0 Å². The van der Waals surface area contributed by atoms with E-state index in [-0.39, 0.29) is 11.4 Å². The summed E-state index contributed by atoms with van der Waals surface area (Å²) in [6.45, 7) is 2.67. The van der Waals surface area contributed by atoms with Crippen LogP contribution in [-0.2, 0) is 0 Å². The fourth-order valence-electron chi connectivity index (χ4n) is 3.35. The van der Waals surface area contributed by atoms with Crippen LogP contribution in [0.3, 0.4) is 0 Å². The van der Waals surface area contributed by atoms with Gasteiger partial charge in [-0.05, 0) is 49.9 Å². The number of carbonyl (C=O) groups excluding carboxylic acids is 1. The van der Waals surface area contributed by atoms with Gasteiger partial charge < -0.3 is 15.6 Å². The number of hydrogen-bond acceptors (Lipinski definition) is 7. The van der Waals surface area contributed by atoms with Gasteiger partial charge in [0.1, 0.15) is 23.6 Å². The van der Waals surface area contributed by atoms with Crippen molar-refractivity contribution in [1.82, 2.24) is 24.9 Å². The molecule has 0 bridgehead atoms. The van der Waals surface area contributed by atoms with Gasteiger partial charge in [0.05, 0.1) is 28.4 Å². The molecule has 1 aliphatic rings. The Bertz CT molecular complexity index is 1260. The molecule has 0 amide bonds. The average Bonchev–Trinajstić information content (AvgIpc) is 3.50. The highest BCUT2D eigenvalue weighted by Crippen LogP contribution is 2.31. The molecule has 0 aromatic carbocycles. The summed E-state index contributed by atoms with van der Waals surface area (Å²) in [6, 6.07) is 6.65. The summed E-state index contributed by atoms with van der Waals surface area (Å²) >= 11 is 0. The predicted octanol–water partition coefficient (Wildman–Crippen LogP) is 3.99. The van der Waals surface area contributed by atoms with Crippen molar-refractivity contribution in [3.63, 3.8) is 0 Å². The predicted molar refractivity (Wildman–Crippen MR) is 115 cm³/mol. The molecule has 0 spiro atoms. The van der Waals surface area contributed by atoms with Crippen LogP contribution in [0, 0.1) is 18.8 Å². The first-order valence-corrected chi connectivity index (χ1v) is 10.1. The minimum atomic E-state index is -0.853. The second-order valence-corrected chi connectivity index (χ2v) is 7.65. The lowest BCUT2D eigenvalue weighted by atomic mass is 10.0. The Morgan fingerprint density at radius 2 is 2.03 bits per heavy atom. The van der Waals surface area contributed by atoms with Crippen molar-refractivity contribution in [2.45, 2.75) is 19.8 Å². The summed E-state index contributed by atoms with van der Waals surface area (Å²) in [7, 11) is 0. The molecule has 5 rings (SSSR count). The maximum atomic E-state index is 14.8. The number of aromatic nitrogens is 5. The third-order valence-corrected chi connectivity index (χ3v) is 5.25. The Morgan fingerprint density at radius 1 is 1.16 bits per heavy atom. The number of aryl methyl sites for hydroxylation is 1. The number of nitrogens with zero attached hydrogens (tertiary/aromatic N) is 4. The fourth-order valence-corrected chi connectivity index (χ4v) is 3.35. The van der Waals surface area contributed by atoms with E-state index in [1.54, 1.807) is 12.3 Å². The lowest BCUT2D eigenvalue weighted by Gasteiger charge is -2.09. The number of nitrogens with one attached hydrogen (secondary N) is 3. The molecule has 1 fully saturated rings. The maximum Gasteiger partial charge on any atom is 0.226 e. The van der Waals surface area contributed by atoms with Gasteiger partial charge >= 0.3 is 0 Å². The number of pyridine rings is 2. The molecule has 4 heterocycles. The first-order chi connectivity index (χ1) is 15.1. The number of anilines is 3. The number of H-pyrrole nitrogens is 1. The second-order valence-electron chi connectivity index (χ2n) is 7.65. The zero-order valence-corrected chi connectivity index (χ0v) is 16.8. The first kappa shape index (κ1) is 19.1. The van der Waals surface area contributed by atoms with E-state index in [1.165, 1.54) is 31.4 Å². The minimum Gasteiger partial charge on any atom is -0.369 e. The van der Waals surface area contributed by atoms with Gasteiger partial charge in [-0.1, -0.05) is 0 Å². The van der Waals surface area contributed by atoms with Gasteiger partial charge in [0.25, 0.3) is 0 Å². The molecule has 0 radical (unpaired) electrons. The zero-order valence-electron chi connectivity index (χ0n) is 16.8. The third kappa shape index (κ3) is 3.94. The van der Waals surface area contributed by atoms with Crippen LogP contribution in [0.15, 0.2) is 43.0 Å². The molecule has 0 unspecified atom stereocenters. The molecular weight excluding hydrogens is 397 g/mol. The topological polar surface area (TPSA) is 108 Å². The molecule has 1 saturated carbocycles. The lowest BCUT2D eigenvalue weighted by molar-refractivity contribution is 0.103. The van der Waals surface area contributed by atoms with Gasteiger partial charge in [-0.3, -0.25) is 9.78 Å². The van der Waals surface area contributed by atoms with E-state index in [9.17, 15) is 9.18 Å². The molecule has 156 valence electrons. The summed E-state index contributed by atoms with van der Waals surface area (Å²) in [5.74, 6) is 0.153. The molecule has 0 saturated heterocycles. The Kier molecular flexibility index (Phi) is 4.78. The number of halogens is 1. The van der Waals surface area contributed by atoms with Crippen LogP contribution >= 0.6 is 0 Å². The van der Waals surface area contributed by atoms with Crippen LogP contribution in [0.2, 0.25) is 0 Å². The molecule has 3 N–H and O–H groups in total. The first-order valence-electron chi connectivity index (χ1n) is 10.1. The zero-order chi connectivity index (χ0) is 21.4. The van der Waals surface area contributed by atoms with Gasteiger partial charge in [0.2, 0.25) is 5.95 Å². The standard InChI is InChI=1S/C22H20FN7O/c1-12-2-5-14(9-24-12)29-17-7-6-15(20(23)30-17)19(31)16-10-26-22-18(16)21(27-11-28-22)25-8-13-3-4-13/h2,5-7,9-11,13H,3-4,8H2,1H3,(H,29,30)(H2,25,26,27,28). The quantitative estimate of drug-likeness (QED) is 0.308. The van der Waals surface area contributed by atoms with E-state index < -0.39 is 11.7 Å². The van der Waals surface area contributed by atoms with E-state index in [4.69, 9.17) is 0 Å². The molecule has 4 aromatic heterocycles. The lowest BCUT2D eigenvalue weighted by Crippen LogP contribution is -2.09.